The third kappa shape index (κ3) is 4.47. The highest BCUT2D eigenvalue weighted by Crippen LogP contribution is 2.55. The Bertz CT molecular complexity index is 2000. The van der Waals surface area contributed by atoms with Gasteiger partial charge in [0.2, 0.25) is 0 Å². The average molecular weight is 622 g/mol. The van der Waals surface area contributed by atoms with Gasteiger partial charge in [-0.3, -0.25) is 9.59 Å². The molecule has 1 aromatic heterocycles. The van der Waals surface area contributed by atoms with E-state index in [0.717, 1.165) is 45.5 Å². The van der Waals surface area contributed by atoms with Gasteiger partial charge in [0.15, 0.2) is 11.6 Å². The van der Waals surface area contributed by atoms with Gasteiger partial charge in [0.05, 0.1) is 5.57 Å². The summed E-state index contributed by atoms with van der Waals surface area (Å²) < 4.78 is 45.4. The van der Waals surface area contributed by atoms with Crippen LogP contribution in [0.5, 0.6) is 0 Å². The van der Waals surface area contributed by atoms with Crippen molar-refractivity contribution in [2.24, 2.45) is 0 Å². The maximum Gasteiger partial charge on any atom is 0.197 e. The maximum atomic E-state index is 15.7. The molecule has 0 spiro atoms. The fourth-order valence-corrected chi connectivity index (χ4v) is 8.45. The van der Waals surface area contributed by atoms with E-state index in [1.54, 1.807) is 35.2 Å². The normalized spacial score (nSPS) is 20.0. The molecule has 226 valence electrons. The monoisotopic (exact) mass is 621 g/mol. The van der Waals surface area contributed by atoms with Crippen molar-refractivity contribution in [3.63, 3.8) is 0 Å². The van der Waals surface area contributed by atoms with Crippen LogP contribution in [0.2, 0.25) is 0 Å². The molecule has 7 rings (SSSR count). The van der Waals surface area contributed by atoms with Crippen molar-refractivity contribution in [3.8, 4) is 11.1 Å². The summed E-state index contributed by atoms with van der Waals surface area (Å²) in [6.07, 6.45) is 1.16. The molecule has 0 radical (unpaired) electrons. The van der Waals surface area contributed by atoms with Crippen LogP contribution in [0.3, 0.4) is 0 Å². The molecule has 3 aromatic carbocycles. The van der Waals surface area contributed by atoms with Gasteiger partial charge < -0.3 is 4.90 Å². The maximum absolute atomic E-state index is 15.7. The molecule has 1 aliphatic heterocycles. The van der Waals surface area contributed by atoms with E-state index < -0.39 is 29.3 Å². The van der Waals surface area contributed by atoms with Gasteiger partial charge in [0, 0.05) is 33.2 Å². The van der Waals surface area contributed by atoms with Gasteiger partial charge in [0.1, 0.15) is 28.9 Å². The van der Waals surface area contributed by atoms with Crippen LogP contribution in [-0.4, -0.2) is 23.8 Å². The molecule has 0 amide bonds. The molecule has 3 aliphatic rings. The molecule has 2 aliphatic carbocycles. The third-order valence-electron chi connectivity index (χ3n) is 9.17. The molecule has 2 atom stereocenters. The van der Waals surface area contributed by atoms with Crippen LogP contribution in [0.25, 0.3) is 17.2 Å². The van der Waals surface area contributed by atoms with E-state index in [1.807, 2.05) is 18.2 Å². The van der Waals surface area contributed by atoms with Gasteiger partial charge >= 0.3 is 0 Å². The van der Waals surface area contributed by atoms with E-state index in [-0.39, 0.29) is 17.1 Å². The highest BCUT2D eigenvalue weighted by atomic mass is 32.1. The molecule has 4 aromatic rings. The molecule has 0 N–H and O–H groups in total. The lowest BCUT2D eigenvalue weighted by molar-refractivity contribution is 0.0990. The summed E-state index contributed by atoms with van der Waals surface area (Å²) in [5.74, 6) is -2.57. The Morgan fingerprint density at radius 1 is 0.867 bits per heavy atom. The molecule has 45 heavy (non-hydrogen) atoms. The number of benzene rings is 3. The molecule has 2 heterocycles. The standard InChI is InChI=1S/C38H30F3NO2S/c1-19-12-20(2)33(21(3)13-19)22-10-11-32-28(14-22)38(4,5)29-18-24(17-27-35(43)25-8-6-7-9-26(25)36(27)44)45-37(29)42(32)34-30(40)15-23(39)16-31(34)41/h6-18,30,34H,1-5H3. The van der Waals surface area contributed by atoms with E-state index in [4.69, 9.17) is 0 Å². The second-order valence-corrected chi connectivity index (χ2v) is 13.7. The van der Waals surface area contributed by atoms with Gasteiger partial charge in [0.25, 0.3) is 0 Å². The number of rotatable bonds is 3. The number of Topliss-reactive ketones (excluding diaryl/α,β-unsaturated/α-hetero) is 2. The fourth-order valence-electron chi connectivity index (χ4n) is 7.14. The Balaban J connectivity index is 1.42. The number of aryl methyl sites for hydroxylation is 3. The van der Waals surface area contributed by atoms with Gasteiger partial charge in [-0.05, 0) is 84.5 Å². The minimum Gasteiger partial charge on any atom is -0.319 e. The van der Waals surface area contributed by atoms with Crippen LogP contribution < -0.4 is 4.90 Å². The lowest BCUT2D eigenvalue weighted by atomic mass is 9.74. The smallest absolute Gasteiger partial charge is 0.197 e. The van der Waals surface area contributed by atoms with E-state index >= 15 is 8.78 Å². The Morgan fingerprint density at radius 3 is 2.13 bits per heavy atom. The van der Waals surface area contributed by atoms with E-state index in [2.05, 4.69) is 52.8 Å². The van der Waals surface area contributed by atoms with Crippen LogP contribution in [0.4, 0.5) is 23.9 Å². The molecular formula is C38H30F3NO2S. The number of halogens is 3. The predicted octanol–water partition coefficient (Wildman–Crippen LogP) is 10.0. The molecule has 0 bridgehead atoms. The van der Waals surface area contributed by atoms with Crippen LogP contribution in [0.1, 0.15) is 67.3 Å². The number of allylic oxidation sites excluding steroid dienone is 3. The Morgan fingerprint density at radius 2 is 1.51 bits per heavy atom. The zero-order chi connectivity index (χ0) is 31.9. The van der Waals surface area contributed by atoms with Crippen LogP contribution >= 0.6 is 11.3 Å². The van der Waals surface area contributed by atoms with Crippen molar-refractivity contribution < 1.29 is 22.8 Å². The molecule has 2 unspecified atom stereocenters. The lowest BCUT2D eigenvalue weighted by Gasteiger charge is -2.44. The van der Waals surface area contributed by atoms with Crippen molar-refractivity contribution in [2.75, 3.05) is 4.90 Å². The topological polar surface area (TPSA) is 37.4 Å². The lowest BCUT2D eigenvalue weighted by Crippen LogP contribution is -2.44. The number of alkyl halides is 1. The molecule has 3 nitrogen and oxygen atoms in total. The van der Waals surface area contributed by atoms with Crippen molar-refractivity contribution >= 4 is 39.7 Å². The Hall–Kier alpha value is -4.49. The van der Waals surface area contributed by atoms with E-state index in [1.165, 1.54) is 16.9 Å². The first-order valence-corrected chi connectivity index (χ1v) is 15.6. The molecule has 0 fully saturated rings. The number of fused-ring (bicyclic) bond motifs is 3. The number of thiophene rings is 1. The van der Waals surface area contributed by atoms with Crippen molar-refractivity contribution in [3.05, 3.63) is 134 Å². The predicted molar refractivity (Wildman–Crippen MR) is 175 cm³/mol. The summed E-state index contributed by atoms with van der Waals surface area (Å²) in [6.45, 7) is 10.3. The van der Waals surface area contributed by atoms with E-state index in [9.17, 15) is 14.0 Å². The fraction of sp³-hybridized carbons (Fsp3) is 0.211. The first-order valence-electron chi connectivity index (χ1n) is 14.8. The SMILES string of the molecule is Cc1cc(C)c(-c2ccc3c(c2)C(C)(C)c2cc(C=C4C(=O)c5ccccc5C4=O)sc2N3C2C(F)=CC(F)=CC2F)c(C)c1. The summed E-state index contributed by atoms with van der Waals surface area (Å²) in [5.41, 5.74) is 7.94. The first kappa shape index (κ1) is 29.2. The number of ketones is 2. The third-order valence-corrected chi connectivity index (χ3v) is 10.2. The largest absolute Gasteiger partial charge is 0.319 e. The van der Waals surface area contributed by atoms with Crippen LogP contribution in [0.15, 0.2) is 90.0 Å². The highest BCUT2D eigenvalue weighted by molar-refractivity contribution is 7.17. The quantitative estimate of drug-likeness (QED) is 0.169. The second kappa shape index (κ2) is 10.3. The van der Waals surface area contributed by atoms with Gasteiger partial charge in [-0.15, -0.1) is 11.3 Å². The second-order valence-electron chi connectivity index (χ2n) is 12.6. The summed E-state index contributed by atoms with van der Waals surface area (Å²) in [6, 6.07) is 17.4. The molecular weight excluding hydrogens is 591 g/mol. The van der Waals surface area contributed by atoms with Crippen LogP contribution in [-0.2, 0) is 5.41 Å². The summed E-state index contributed by atoms with van der Waals surface area (Å²) in [7, 11) is 0. The van der Waals surface area contributed by atoms with Gasteiger partial charge in [-0.2, -0.15) is 0 Å². The average Bonchev–Trinajstić information content (AvgIpc) is 3.50. The number of anilines is 2. The number of carbonyl (C=O) groups excluding carboxylic acids is 2. The molecule has 7 heteroatoms. The Labute approximate surface area is 264 Å². The molecule has 0 saturated carbocycles. The van der Waals surface area contributed by atoms with Crippen molar-refractivity contribution in [2.45, 2.75) is 52.2 Å². The Kier molecular flexibility index (Phi) is 6.68. The van der Waals surface area contributed by atoms with E-state index in [0.29, 0.717) is 26.7 Å². The number of hydrogen-bond acceptors (Lipinski definition) is 4. The summed E-state index contributed by atoms with van der Waals surface area (Å²) in [4.78, 5) is 28.6. The number of nitrogens with zero attached hydrogens (tertiary/aromatic N) is 1. The van der Waals surface area contributed by atoms with Crippen LogP contribution in [0, 0.1) is 20.8 Å². The van der Waals surface area contributed by atoms with Gasteiger partial charge in [-0.25, -0.2) is 13.2 Å². The number of hydrogen-bond donors (Lipinski definition) is 0. The highest BCUT2D eigenvalue weighted by Gasteiger charge is 2.45. The zero-order valence-corrected chi connectivity index (χ0v) is 26.3. The minimum atomic E-state index is -1.95. The molecule has 0 saturated heterocycles. The van der Waals surface area contributed by atoms with Crippen molar-refractivity contribution in [1.82, 2.24) is 0 Å². The first-order chi connectivity index (χ1) is 21.4. The summed E-state index contributed by atoms with van der Waals surface area (Å²) >= 11 is 1.25. The van der Waals surface area contributed by atoms with Crippen molar-refractivity contribution in [1.29, 1.82) is 0 Å². The summed E-state index contributed by atoms with van der Waals surface area (Å²) in [5, 5.41) is 0.581. The van der Waals surface area contributed by atoms with Gasteiger partial charge in [-0.1, -0.05) is 61.9 Å². The zero-order valence-electron chi connectivity index (χ0n) is 25.5. The minimum absolute atomic E-state index is 0.0568. The number of carbonyl (C=O) groups is 2.